The number of H-pyrrole nitrogens is 1. The first-order valence-electron chi connectivity index (χ1n) is 13.9. The van der Waals surface area contributed by atoms with Crippen molar-refractivity contribution in [3.05, 3.63) is 71.3 Å². The molecule has 1 unspecified atom stereocenters. The number of aromatic nitrogens is 6. The van der Waals surface area contributed by atoms with Crippen LogP contribution >= 0.6 is 0 Å². The van der Waals surface area contributed by atoms with Gasteiger partial charge in [0.1, 0.15) is 11.6 Å². The van der Waals surface area contributed by atoms with Gasteiger partial charge in [0.05, 0.1) is 24.4 Å². The number of ether oxygens (including phenoxy) is 1. The molecule has 0 bridgehead atoms. The van der Waals surface area contributed by atoms with Crippen molar-refractivity contribution in [1.82, 2.24) is 35.1 Å². The maximum Gasteiger partial charge on any atom is 0.335 e. The topological polar surface area (TPSA) is 136 Å². The number of fused-ring (bicyclic) bond motifs is 1. The number of nitrogens with zero attached hydrogens (tertiary/aromatic N) is 6. The maximum atomic E-state index is 13.4. The van der Waals surface area contributed by atoms with Crippen molar-refractivity contribution in [2.75, 3.05) is 13.2 Å². The molecular formula is C30H33N7O4. The SMILES string of the molecule is CCCc1nc2c(n1Cc1ccc(-c3ccccc3)c(-c3nn[nH]n3)c1)C(C(=O)OCC)N(C(=O)CC(C)=O)CC2. The summed E-state index contributed by atoms with van der Waals surface area (Å²) in [5.74, 6) is 0.133. The van der Waals surface area contributed by atoms with E-state index < -0.39 is 17.9 Å². The number of imidazole rings is 1. The molecule has 11 heteroatoms. The van der Waals surface area contributed by atoms with E-state index in [0.717, 1.165) is 40.2 Å². The van der Waals surface area contributed by atoms with Crippen LogP contribution in [-0.2, 0) is 38.5 Å². The highest BCUT2D eigenvalue weighted by molar-refractivity contribution is 5.98. The second-order valence-corrected chi connectivity index (χ2v) is 10.0. The molecule has 2 aromatic heterocycles. The van der Waals surface area contributed by atoms with Gasteiger partial charge in [-0.05, 0) is 48.2 Å². The molecule has 41 heavy (non-hydrogen) atoms. The number of ketones is 1. The van der Waals surface area contributed by atoms with Gasteiger partial charge in [-0.25, -0.2) is 9.78 Å². The average Bonchev–Trinajstić information content (AvgIpc) is 3.62. The predicted molar refractivity (Wildman–Crippen MR) is 150 cm³/mol. The zero-order valence-electron chi connectivity index (χ0n) is 23.5. The Bertz CT molecular complexity index is 1550. The fourth-order valence-corrected chi connectivity index (χ4v) is 5.40. The lowest BCUT2D eigenvalue weighted by Gasteiger charge is -2.34. The number of esters is 1. The van der Waals surface area contributed by atoms with Crippen LogP contribution in [0.1, 0.15) is 62.4 Å². The van der Waals surface area contributed by atoms with Crippen molar-refractivity contribution in [3.63, 3.8) is 0 Å². The standard InChI is InChI=1S/C30H33N7O4/c1-4-9-25-31-24-14-15-36(26(39)16-19(3)38)28(30(40)41-5-2)27(24)37(25)18-20-12-13-22(21-10-7-6-8-11-21)23(17-20)29-32-34-35-33-29/h6-8,10-13,17,28H,4-5,9,14-16,18H2,1-3H3,(H,32,33,34,35). The zero-order valence-corrected chi connectivity index (χ0v) is 23.5. The number of tetrazole rings is 1. The van der Waals surface area contributed by atoms with Crippen LogP contribution in [0.25, 0.3) is 22.5 Å². The van der Waals surface area contributed by atoms with Crippen LogP contribution in [0.2, 0.25) is 0 Å². The first-order chi connectivity index (χ1) is 19.9. The normalized spacial score (nSPS) is 14.5. The van der Waals surface area contributed by atoms with Crippen LogP contribution < -0.4 is 0 Å². The third kappa shape index (κ3) is 5.79. The molecule has 1 N–H and O–H groups in total. The van der Waals surface area contributed by atoms with E-state index in [0.29, 0.717) is 37.4 Å². The van der Waals surface area contributed by atoms with Crippen molar-refractivity contribution in [3.8, 4) is 22.5 Å². The molecule has 4 aromatic rings. The van der Waals surface area contributed by atoms with Gasteiger partial charge >= 0.3 is 5.97 Å². The summed E-state index contributed by atoms with van der Waals surface area (Å²) in [6.45, 7) is 6.05. The van der Waals surface area contributed by atoms with Crippen molar-refractivity contribution in [2.24, 2.45) is 0 Å². The number of nitrogens with one attached hydrogen (secondary N) is 1. The number of rotatable bonds is 10. The van der Waals surface area contributed by atoms with Crippen LogP contribution in [-0.4, -0.2) is 65.9 Å². The molecule has 0 aliphatic carbocycles. The van der Waals surface area contributed by atoms with E-state index in [9.17, 15) is 14.4 Å². The first-order valence-corrected chi connectivity index (χ1v) is 13.9. The lowest BCUT2D eigenvalue weighted by molar-refractivity contribution is -0.156. The zero-order chi connectivity index (χ0) is 28.9. The van der Waals surface area contributed by atoms with Gasteiger partial charge in [0.15, 0.2) is 6.04 Å². The molecule has 212 valence electrons. The summed E-state index contributed by atoms with van der Waals surface area (Å²) in [5, 5.41) is 14.8. The third-order valence-corrected chi connectivity index (χ3v) is 7.12. The summed E-state index contributed by atoms with van der Waals surface area (Å²) in [6, 6.07) is 15.1. The molecule has 0 spiro atoms. The summed E-state index contributed by atoms with van der Waals surface area (Å²) >= 11 is 0. The quantitative estimate of drug-likeness (QED) is 0.231. The minimum absolute atomic E-state index is 0.171. The van der Waals surface area contributed by atoms with E-state index in [1.165, 1.54) is 11.8 Å². The molecule has 0 fully saturated rings. The van der Waals surface area contributed by atoms with Gasteiger partial charge in [0, 0.05) is 31.5 Å². The van der Waals surface area contributed by atoms with Crippen LogP contribution in [0.4, 0.5) is 0 Å². The predicted octanol–water partition coefficient (Wildman–Crippen LogP) is 3.70. The Labute approximate surface area is 237 Å². The molecule has 11 nitrogen and oxygen atoms in total. The van der Waals surface area contributed by atoms with E-state index in [-0.39, 0.29) is 18.8 Å². The Kier molecular flexibility index (Phi) is 8.32. The van der Waals surface area contributed by atoms with Crippen molar-refractivity contribution < 1.29 is 19.1 Å². The average molecular weight is 556 g/mol. The Morgan fingerprint density at radius 1 is 1.07 bits per heavy atom. The lowest BCUT2D eigenvalue weighted by Crippen LogP contribution is -2.45. The van der Waals surface area contributed by atoms with E-state index >= 15 is 0 Å². The second kappa shape index (κ2) is 12.2. The van der Waals surface area contributed by atoms with Crippen LogP contribution in [0.3, 0.4) is 0 Å². The number of carbonyl (C=O) groups is 3. The highest BCUT2D eigenvalue weighted by atomic mass is 16.5. The molecule has 3 heterocycles. The number of hydrogen-bond donors (Lipinski definition) is 1. The highest BCUT2D eigenvalue weighted by Crippen LogP contribution is 2.35. The molecule has 0 radical (unpaired) electrons. The van der Waals surface area contributed by atoms with Gasteiger partial charge in [-0.3, -0.25) is 9.59 Å². The lowest BCUT2D eigenvalue weighted by atomic mass is 9.96. The Morgan fingerprint density at radius 3 is 2.56 bits per heavy atom. The van der Waals surface area contributed by atoms with Gasteiger partial charge < -0.3 is 14.2 Å². The van der Waals surface area contributed by atoms with E-state index in [1.54, 1.807) is 6.92 Å². The summed E-state index contributed by atoms with van der Waals surface area (Å²) in [7, 11) is 0. The largest absolute Gasteiger partial charge is 0.464 e. The summed E-state index contributed by atoms with van der Waals surface area (Å²) in [4.78, 5) is 44.7. The van der Waals surface area contributed by atoms with Crippen molar-refractivity contribution in [2.45, 2.75) is 59.0 Å². The molecule has 1 atom stereocenters. The Hall–Kier alpha value is -4.67. The molecule has 0 saturated heterocycles. The Morgan fingerprint density at radius 2 is 1.88 bits per heavy atom. The first kappa shape index (κ1) is 27.9. The van der Waals surface area contributed by atoms with Gasteiger partial charge in [0.25, 0.3) is 0 Å². The van der Waals surface area contributed by atoms with Crippen LogP contribution in [0.5, 0.6) is 0 Å². The molecule has 5 rings (SSSR count). The number of hydrogen-bond acceptors (Lipinski definition) is 8. The third-order valence-electron chi connectivity index (χ3n) is 7.12. The van der Waals surface area contributed by atoms with Gasteiger partial charge in [-0.2, -0.15) is 5.21 Å². The van der Waals surface area contributed by atoms with Crippen molar-refractivity contribution in [1.29, 1.82) is 0 Å². The molecule has 1 aliphatic heterocycles. The number of aryl methyl sites for hydroxylation is 1. The molecule has 1 amide bonds. The summed E-state index contributed by atoms with van der Waals surface area (Å²) in [6.07, 6.45) is 1.77. The minimum Gasteiger partial charge on any atom is -0.464 e. The highest BCUT2D eigenvalue weighted by Gasteiger charge is 2.41. The van der Waals surface area contributed by atoms with Gasteiger partial charge in [0.2, 0.25) is 11.7 Å². The fourth-order valence-electron chi connectivity index (χ4n) is 5.40. The van der Waals surface area contributed by atoms with E-state index in [1.807, 2.05) is 53.1 Å². The fraction of sp³-hybridized carbons (Fsp3) is 0.367. The maximum absolute atomic E-state index is 13.4. The number of amides is 1. The van der Waals surface area contributed by atoms with E-state index in [2.05, 4.69) is 27.5 Å². The van der Waals surface area contributed by atoms with Gasteiger partial charge in [-0.1, -0.05) is 49.4 Å². The molecule has 1 aliphatic rings. The number of benzene rings is 2. The minimum atomic E-state index is -0.982. The van der Waals surface area contributed by atoms with E-state index in [4.69, 9.17) is 9.72 Å². The number of carbonyl (C=O) groups excluding carboxylic acids is 3. The Balaban J connectivity index is 1.61. The molecular weight excluding hydrogens is 522 g/mol. The number of Topliss-reactive ketones (excluding diaryl/α,β-unsaturated/α-hetero) is 1. The van der Waals surface area contributed by atoms with Gasteiger partial charge in [-0.15, -0.1) is 10.2 Å². The van der Waals surface area contributed by atoms with Crippen LogP contribution in [0.15, 0.2) is 48.5 Å². The van der Waals surface area contributed by atoms with Crippen molar-refractivity contribution >= 4 is 17.7 Å². The monoisotopic (exact) mass is 555 g/mol. The van der Waals surface area contributed by atoms with Crippen LogP contribution in [0, 0.1) is 0 Å². The summed E-state index contributed by atoms with van der Waals surface area (Å²) < 4.78 is 7.48. The molecule has 0 saturated carbocycles. The molecule has 2 aromatic carbocycles. The number of aromatic amines is 1. The summed E-state index contributed by atoms with van der Waals surface area (Å²) in [5.41, 5.74) is 5.15. The second-order valence-electron chi connectivity index (χ2n) is 10.0. The smallest absolute Gasteiger partial charge is 0.335 e.